The Kier molecular flexibility index (Phi) is 9.02. The maximum atomic E-state index is 14.3. The molecule has 1 atom stereocenters. The molecule has 0 saturated heterocycles. The van der Waals surface area contributed by atoms with E-state index in [-0.39, 0.29) is 11.9 Å². The van der Waals surface area contributed by atoms with Crippen molar-refractivity contribution in [1.82, 2.24) is 25.2 Å². The van der Waals surface area contributed by atoms with E-state index in [0.717, 1.165) is 44.5 Å². The largest absolute Gasteiger partial charge is 0.495 e. The van der Waals surface area contributed by atoms with Gasteiger partial charge in [-0.25, -0.2) is 4.39 Å². The van der Waals surface area contributed by atoms with Crippen molar-refractivity contribution in [2.24, 2.45) is 0 Å². The number of nitrogens with zero attached hydrogens (tertiary/aromatic N) is 3. The van der Waals surface area contributed by atoms with Gasteiger partial charge in [0.25, 0.3) is 5.91 Å². The van der Waals surface area contributed by atoms with Gasteiger partial charge < -0.3 is 25.7 Å². The minimum atomic E-state index is -0.467. The SMILES string of the molecule is CCCN1CCC=C(c2ccc(Nc3nc(Nc4cc(F)ccc4C(=O)N[C@@H](C)CC)c4cc[nH]c4n3)c(OC)c2)C1. The van der Waals surface area contributed by atoms with Gasteiger partial charge in [-0.15, -0.1) is 0 Å². The summed E-state index contributed by atoms with van der Waals surface area (Å²) in [6.45, 7) is 9.21. The van der Waals surface area contributed by atoms with E-state index in [1.54, 1.807) is 13.3 Å². The molecule has 10 heteroatoms. The molecule has 42 heavy (non-hydrogen) atoms. The summed E-state index contributed by atoms with van der Waals surface area (Å²) < 4.78 is 20.1. The van der Waals surface area contributed by atoms with Crippen LogP contribution in [0.25, 0.3) is 16.6 Å². The Hall–Kier alpha value is -4.44. The first-order chi connectivity index (χ1) is 20.4. The first-order valence-electron chi connectivity index (χ1n) is 14.5. The summed E-state index contributed by atoms with van der Waals surface area (Å²) in [6, 6.07) is 11.9. The molecule has 4 N–H and O–H groups in total. The van der Waals surface area contributed by atoms with E-state index in [0.29, 0.717) is 45.5 Å². The molecule has 0 radical (unpaired) electrons. The number of hydrogen-bond donors (Lipinski definition) is 4. The second-order valence-corrected chi connectivity index (χ2v) is 10.6. The molecule has 0 aliphatic carbocycles. The molecule has 4 aromatic rings. The molecule has 2 aromatic heterocycles. The van der Waals surface area contributed by atoms with Crippen LogP contribution in [0, 0.1) is 5.82 Å². The second kappa shape index (κ2) is 13.0. The standard InChI is InChI=1S/C32H38FN7O2/c1-5-15-40-16-7-8-22(19-40)21-9-12-26(28(17-21)42-4)37-32-38-29-25(13-14-34-29)30(39-32)36-27-18-23(33)10-11-24(27)31(41)35-20(3)6-2/h8-14,17-18,20H,5-7,15-16,19H2,1-4H3,(H,35,41)(H3,34,36,37,38,39)/t20-/m0/s1. The number of aromatic amines is 1. The van der Waals surface area contributed by atoms with Crippen molar-refractivity contribution in [2.45, 2.75) is 46.1 Å². The van der Waals surface area contributed by atoms with Gasteiger partial charge in [-0.05, 0) is 80.3 Å². The number of rotatable bonds is 11. The number of fused-ring (bicyclic) bond motifs is 1. The van der Waals surface area contributed by atoms with E-state index >= 15 is 0 Å². The van der Waals surface area contributed by atoms with Crippen LogP contribution in [0.3, 0.4) is 0 Å². The van der Waals surface area contributed by atoms with Crippen LogP contribution in [0.15, 0.2) is 54.7 Å². The van der Waals surface area contributed by atoms with Crippen molar-refractivity contribution in [2.75, 3.05) is 37.4 Å². The third-order valence-electron chi connectivity index (χ3n) is 7.47. The van der Waals surface area contributed by atoms with E-state index in [1.165, 1.54) is 23.8 Å². The lowest BCUT2D eigenvalue weighted by molar-refractivity contribution is 0.0940. The van der Waals surface area contributed by atoms with Crippen LogP contribution in [-0.2, 0) is 0 Å². The smallest absolute Gasteiger partial charge is 0.253 e. The summed E-state index contributed by atoms with van der Waals surface area (Å²) in [4.78, 5) is 27.9. The molecule has 1 aliphatic rings. The lowest BCUT2D eigenvalue weighted by atomic mass is 10.00. The lowest BCUT2D eigenvalue weighted by Crippen LogP contribution is -2.32. The maximum absolute atomic E-state index is 14.3. The molecule has 0 spiro atoms. The van der Waals surface area contributed by atoms with Crippen LogP contribution in [0.2, 0.25) is 0 Å². The lowest BCUT2D eigenvalue weighted by Gasteiger charge is -2.27. The number of benzene rings is 2. The number of anilines is 4. The molecule has 2 aromatic carbocycles. The summed E-state index contributed by atoms with van der Waals surface area (Å²) in [5.74, 6) is 0.642. The highest BCUT2D eigenvalue weighted by Crippen LogP contribution is 2.33. The molecular formula is C32H38FN7O2. The number of H-pyrrole nitrogens is 1. The minimum absolute atomic E-state index is 0.0207. The Morgan fingerprint density at radius 3 is 2.76 bits per heavy atom. The molecule has 0 saturated carbocycles. The maximum Gasteiger partial charge on any atom is 0.253 e. The van der Waals surface area contributed by atoms with E-state index in [4.69, 9.17) is 9.72 Å². The Morgan fingerprint density at radius 2 is 1.98 bits per heavy atom. The van der Waals surface area contributed by atoms with E-state index in [2.05, 4.69) is 49.9 Å². The van der Waals surface area contributed by atoms with Crippen LogP contribution in [0.1, 0.15) is 56.0 Å². The topological polar surface area (TPSA) is 107 Å². The predicted octanol–water partition coefficient (Wildman–Crippen LogP) is 6.62. The summed E-state index contributed by atoms with van der Waals surface area (Å²) in [6.07, 6.45) is 7.00. The minimum Gasteiger partial charge on any atom is -0.495 e. The highest BCUT2D eigenvalue weighted by molar-refractivity contribution is 6.01. The molecule has 0 unspecified atom stereocenters. The number of aromatic nitrogens is 3. The predicted molar refractivity (Wildman–Crippen MR) is 166 cm³/mol. The summed E-state index contributed by atoms with van der Waals surface area (Å²) >= 11 is 0. The quantitative estimate of drug-likeness (QED) is 0.160. The summed E-state index contributed by atoms with van der Waals surface area (Å²) in [5, 5.41) is 10.1. The Bertz CT molecular complexity index is 1600. The van der Waals surface area contributed by atoms with Crippen molar-refractivity contribution in [3.63, 3.8) is 0 Å². The van der Waals surface area contributed by atoms with Gasteiger partial charge in [-0.2, -0.15) is 9.97 Å². The van der Waals surface area contributed by atoms with Gasteiger partial charge in [-0.1, -0.05) is 26.0 Å². The summed E-state index contributed by atoms with van der Waals surface area (Å²) in [5.41, 5.74) is 4.33. The van der Waals surface area contributed by atoms with E-state index < -0.39 is 5.82 Å². The molecule has 3 heterocycles. The normalized spacial score (nSPS) is 14.4. The zero-order chi connectivity index (χ0) is 29.6. The summed E-state index contributed by atoms with van der Waals surface area (Å²) in [7, 11) is 1.64. The first-order valence-corrected chi connectivity index (χ1v) is 14.5. The van der Waals surface area contributed by atoms with Crippen molar-refractivity contribution in [3.05, 3.63) is 71.7 Å². The highest BCUT2D eigenvalue weighted by atomic mass is 19.1. The van der Waals surface area contributed by atoms with Crippen LogP contribution in [0.5, 0.6) is 5.75 Å². The number of methoxy groups -OCH3 is 1. The van der Waals surface area contributed by atoms with Crippen LogP contribution in [-0.4, -0.2) is 58.5 Å². The Morgan fingerprint density at radius 1 is 1.12 bits per heavy atom. The average Bonchev–Trinajstić information content (AvgIpc) is 3.47. The molecular weight excluding hydrogens is 533 g/mol. The van der Waals surface area contributed by atoms with Crippen molar-refractivity contribution >= 4 is 45.7 Å². The molecule has 0 bridgehead atoms. The average molecular weight is 572 g/mol. The Labute approximate surface area is 245 Å². The zero-order valence-corrected chi connectivity index (χ0v) is 24.6. The third-order valence-corrected chi connectivity index (χ3v) is 7.47. The van der Waals surface area contributed by atoms with Crippen LogP contribution >= 0.6 is 0 Å². The van der Waals surface area contributed by atoms with Gasteiger partial charge in [0.2, 0.25) is 5.95 Å². The highest BCUT2D eigenvalue weighted by Gasteiger charge is 2.19. The van der Waals surface area contributed by atoms with Crippen LogP contribution in [0.4, 0.5) is 27.5 Å². The third kappa shape index (κ3) is 6.54. The van der Waals surface area contributed by atoms with Gasteiger partial charge in [0.15, 0.2) is 0 Å². The van der Waals surface area contributed by atoms with Crippen molar-refractivity contribution in [1.29, 1.82) is 0 Å². The fourth-order valence-corrected chi connectivity index (χ4v) is 5.08. The van der Waals surface area contributed by atoms with Crippen molar-refractivity contribution in [3.8, 4) is 5.75 Å². The molecule has 1 aliphatic heterocycles. The number of nitrogens with one attached hydrogen (secondary N) is 4. The molecule has 220 valence electrons. The number of carbonyl (C=O) groups is 1. The fourth-order valence-electron chi connectivity index (χ4n) is 5.08. The Balaban J connectivity index is 1.43. The van der Waals surface area contributed by atoms with Gasteiger partial charge >= 0.3 is 0 Å². The second-order valence-electron chi connectivity index (χ2n) is 10.6. The number of carbonyl (C=O) groups excluding carboxylic acids is 1. The first kappa shape index (κ1) is 29.1. The van der Waals surface area contributed by atoms with Gasteiger partial charge in [0, 0.05) is 25.3 Å². The fraction of sp³-hybridized carbons (Fsp3) is 0.344. The van der Waals surface area contributed by atoms with Crippen LogP contribution < -0.4 is 20.7 Å². The molecule has 1 amide bonds. The number of amides is 1. The van der Waals surface area contributed by atoms with E-state index in [1.807, 2.05) is 32.0 Å². The zero-order valence-electron chi connectivity index (χ0n) is 24.6. The number of ether oxygens (including phenoxy) is 1. The van der Waals surface area contributed by atoms with Gasteiger partial charge in [-0.3, -0.25) is 9.69 Å². The monoisotopic (exact) mass is 571 g/mol. The number of halogens is 1. The van der Waals surface area contributed by atoms with E-state index in [9.17, 15) is 9.18 Å². The number of hydrogen-bond acceptors (Lipinski definition) is 7. The van der Waals surface area contributed by atoms with Gasteiger partial charge in [0.1, 0.15) is 23.0 Å². The van der Waals surface area contributed by atoms with Gasteiger partial charge in [0.05, 0.1) is 29.4 Å². The van der Waals surface area contributed by atoms with Crippen molar-refractivity contribution < 1.29 is 13.9 Å². The molecule has 0 fully saturated rings. The molecule has 5 rings (SSSR count). The molecule has 9 nitrogen and oxygen atoms in total.